The average molecular weight is 330 g/mol. The number of nitrogens with zero attached hydrogens (tertiary/aromatic N) is 2. The summed E-state index contributed by atoms with van der Waals surface area (Å²) < 4.78 is 14.5. The van der Waals surface area contributed by atoms with E-state index in [0.29, 0.717) is 17.1 Å². The largest absolute Gasteiger partial charge is 0.310 e. The van der Waals surface area contributed by atoms with Gasteiger partial charge < -0.3 is 5.32 Å². The van der Waals surface area contributed by atoms with Crippen molar-refractivity contribution < 1.29 is 4.39 Å². The Morgan fingerprint density at radius 1 is 1.39 bits per heavy atom. The second-order valence-electron chi connectivity index (χ2n) is 3.80. The molecule has 0 saturated heterocycles. The third kappa shape index (κ3) is 3.34. The van der Waals surface area contributed by atoms with Crippen LogP contribution in [0.5, 0.6) is 0 Å². The summed E-state index contributed by atoms with van der Waals surface area (Å²) in [6.45, 7) is 3.73. The molecule has 1 heterocycles. The highest BCUT2D eigenvalue weighted by Crippen LogP contribution is 2.28. The first-order valence-corrected chi connectivity index (χ1v) is 7.30. The first-order valence-electron chi connectivity index (χ1n) is 5.69. The van der Waals surface area contributed by atoms with Crippen LogP contribution in [0.25, 0.3) is 10.6 Å². The zero-order chi connectivity index (χ0) is 13.0. The van der Waals surface area contributed by atoms with Crippen molar-refractivity contribution in [1.82, 2.24) is 15.5 Å². The summed E-state index contributed by atoms with van der Waals surface area (Å²) in [7, 11) is 0. The highest BCUT2D eigenvalue weighted by molar-refractivity contribution is 9.10. The summed E-state index contributed by atoms with van der Waals surface area (Å²) in [5, 5.41) is 12.8. The van der Waals surface area contributed by atoms with E-state index in [1.54, 1.807) is 12.1 Å². The normalized spacial score (nSPS) is 10.8. The van der Waals surface area contributed by atoms with E-state index in [1.807, 2.05) is 0 Å². The molecule has 0 atom stereocenters. The van der Waals surface area contributed by atoms with E-state index in [1.165, 1.54) is 17.4 Å². The predicted octanol–water partition coefficient (Wildman–Crippen LogP) is 3.61. The SMILES string of the molecule is CCCNCc1nnc(-c2cc(Br)ccc2F)s1. The molecule has 0 unspecified atom stereocenters. The standard InChI is InChI=1S/C12H13BrFN3S/c1-2-5-15-7-11-16-17-12(18-11)9-6-8(13)3-4-10(9)14/h3-4,6,15H,2,5,7H2,1H3. The molecule has 0 aliphatic heterocycles. The molecular formula is C12H13BrFN3S. The van der Waals surface area contributed by atoms with E-state index in [2.05, 4.69) is 38.4 Å². The Morgan fingerprint density at radius 3 is 3.00 bits per heavy atom. The van der Waals surface area contributed by atoms with Crippen LogP contribution in [0, 0.1) is 5.82 Å². The van der Waals surface area contributed by atoms with Crippen LogP contribution in [0.4, 0.5) is 4.39 Å². The fraction of sp³-hybridized carbons (Fsp3) is 0.333. The Hall–Kier alpha value is -0.850. The molecule has 1 aromatic carbocycles. The molecule has 3 nitrogen and oxygen atoms in total. The molecule has 2 aromatic rings. The van der Waals surface area contributed by atoms with Gasteiger partial charge in [0.15, 0.2) is 5.01 Å². The maximum absolute atomic E-state index is 13.7. The van der Waals surface area contributed by atoms with Gasteiger partial charge in [-0.15, -0.1) is 10.2 Å². The lowest BCUT2D eigenvalue weighted by Crippen LogP contribution is -2.13. The quantitative estimate of drug-likeness (QED) is 0.851. The Kier molecular flexibility index (Phi) is 4.79. The topological polar surface area (TPSA) is 37.8 Å². The van der Waals surface area contributed by atoms with Gasteiger partial charge in [-0.3, -0.25) is 0 Å². The average Bonchev–Trinajstić information content (AvgIpc) is 2.81. The second-order valence-corrected chi connectivity index (χ2v) is 5.78. The number of benzene rings is 1. The molecule has 0 spiro atoms. The zero-order valence-electron chi connectivity index (χ0n) is 9.91. The monoisotopic (exact) mass is 329 g/mol. The molecule has 0 bridgehead atoms. The van der Waals surface area contributed by atoms with Crippen LogP contribution in [0.2, 0.25) is 0 Å². The third-order valence-electron chi connectivity index (χ3n) is 2.33. The molecule has 1 N–H and O–H groups in total. The van der Waals surface area contributed by atoms with Gasteiger partial charge in [0, 0.05) is 16.6 Å². The molecule has 18 heavy (non-hydrogen) atoms. The van der Waals surface area contributed by atoms with Gasteiger partial charge in [0.2, 0.25) is 0 Å². The Labute approximate surface area is 118 Å². The number of rotatable bonds is 5. The lowest BCUT2D eigenvalue weighted by molar-refractivity contribution is 0.630. The summed E-state index contributed by atoms with van der Waals surface area (Å²) in [4.78, 5) is 0. The van der Waals surface area contributed by atoms with Gasteiger partial charge in [-0.2, -0.15) is 0 Å². The van der Waals surface area contributed by atoms with Crippen molar-refractivity contribution in [2.75, 3.05) is 6.54 Å². The Balaban J connectivity index is 2.16. The number of halogens is 2. The van der Waals surface area contributed by atoms with Crippen LogP contribution in [0.15, 0.2) is 22.7 Å². The fourth-order valence-electron chi connectivity index (χ4n) is 1.47. The Morgan fingerprint density at radius 2 is 2.22 bits per heavy atom. The van der Waals surface area contributed by atoms with Crippen LogP contribution in [-0.4, -0.2) is 16.7 Å². The van der Waals surface area contributed by atoms with Crippen LogP contribution in [0.3, 0.4) is 0 Å². The molecule has 0 radical (unpaired) electrons. The van der Waals surface area contributed by atoms with Crippen molar-refractivity contribution in [1.29, 1.82) is 0 Å². The van der Waals surface area contributed by atoms with Crippen molar-refractivity contribution in [3.63, 3.8) is 0 Å². The van der Waals surface area contributed by atoms with Crippen molar-refractivity contribution in [2.45, 2.75) is 19.9 Å². The van der Waals surface area contributed by atoms with Gasteiger partial charge in [0.25, 0.3) is 0 Å². The van der Waals surface area contributed by atoms with Crippen LogP contribution in [-0.2, 0) is 6.54 Å². The molecule has 0 aliphatic rings. The van der Waals surface area contributed by atoms with Gasteiger partial charge in [-0.05, 0) is 31.2 Å². The van der Waals surface area contributed by atoms with Crippen molar-refractivity contribution in [3.8, 4) is 10.6 Å². The molecule has 0 fully saturated rings. The summed E-state index contributed by atoms with van der Waals surface area (Å²) >= 11 is 4.74. The molecule has 6 heteroatoms. The fourth-order valence-corrected chi connectivity index (χ4v) is 2.66. The van der Waals surface area contributed by atoms with Gasteiger partial charge in [-0.1, -0.05) is 34.2 Å². The van der Waals surface area contributed by atoms with E-state index in [-0.39, 0.29) is 5.82 Å². The van der Waals surface area contributed by atoms with Gasteiger partial charge in [0.1, 0.15) is 10.8 Å². The number of nitrogens with one attached hydrogen (secondary N) is 1. The predicted molar refractivity (Wildman–Crippen MR) is 75.0 cm³/mol. The van der Waals surface area contributed by atoms with Gasteiger partial charge >= 0.3 is 0 Å². The second kappa shape index (κ2) is 6.36. The summed E-state index contributed by atoms with van der Waals surface area (Å²) in [6, 6.07) is 4.82. The van der Waals surface area contributed by atoms with Crippen LogP contribution in [0.1, 0.15) is 18.4 Å². The van der Waals surface area contributed by atoms with Gasteiger partial charge in [0.05, 0.1) is 0 Å². The summed E-state index contributed by atoms with van der Waals surface area (Å²) in [6.07, 6.45) is 1.08. The first-order chi connectivity index (χ1) is 8.70. The smallest absolute Gasteiger partial charge is 0.150 e. The third-order valence-corrected chi connectivity index (χ3v) is 3.78. The maximum atomic E-state index is 13.7. The molecule has 96 valence electrons. The molecule has 0 aliphatic carbocycles. The molecule has 0 saturated carbocycles. The Bertz CT molecular complexity index is 530. The number of hydrogen-bond acceptors (Lipinski definition) is 4. The summed E-state index contributed by atoms with van der Waals surface area (Å²) in [5.74, 6) is -0.276. The lowest BCUT2D eigenvalue weighted by atomic mass is 10.2. The molecule has 1 aromatic heterocycles. The number of hydrogen-bond donors (Lipinski definition) is 1. The van der Waals surface area contributed by atoms with Gasteiger partial charge in [-0.25, -0.2) is 4.39 Å². The molecule has 2 rings (SSSR count). The molecule has 0 amide bonds. The minimum absolute atomic E-state index is 0.276. The van der Waals surface area contributed by atoms with E-state index in [0.717, 1.165) is 22.4 Å². The lowest BCUT2D eigenvalue weighted by Gasteiger charge is -1.99. The van der Waals surface area contributed by atoms with E-state index < -0.39 is 0 Å². The summed E-state index contributed by atoms with van der Waals surface area (Å²) in [5.41, 5.74) is 0.489. The highest BCUT2D eigenvalue weighted by Gasteiger charge is 2.11. The highest BCUT2D eigenvalue weighted by atomic mass is 79.9. The minimum atomic E-state index is -0.276. The van der Waals surface area contributed by atoms with E-state index in [4.69, 9.17) is 0 Å². The van der Waals surface area contributed by atoms with Crippen molar-refractivity contribution in [3.05, 3.63) is 33.5 Å². The minimum Gasteiger partial charge on any atom is -0.310 e. The van der Waals surface area contributed by atoms with Crippen molar-refractivity contribution in [2.24, 2.45) is 0 Å². The zero-order valence-corrected chi connectivity index (χ0v) is 12.3. The van der Waals surface area contributed by atoms with Crippen LogP contribution < -0.4 is 5.32 Å². The van der Waals surface area contributed by atoms with Crippen molar-refractivity contribution >= 4 is 27.3 Å². The number of aromatic nitrogens is 2. The van der Waals surface area contributed by atoms with E-state index in [9.17, 15) is 4.39 Å². The molecular weight excluding hydrogens is 317 g/mol. The van der Waals surface area contributed by atoms with E-state index >= 15 is 0 Å². The maximum Gasteiger partial charge on any atom is 0.150 e. The van der Waals surface area contributed by atoms with Crippen LogP contribution >= 0.6 is 27.3 Å². The first kappa shape index (κ1) is 13.6.